The van der Waals surface area contributed by atoms with Crippen LogP contribution in [0.5, 0.6) is 0 Å². The van der Waals surface area contributed by atoms with E-state index in [1.807, 2.05) is 5.38 Å². The van der Waals surface area contributed by atoms with Crippen LogP contribution >= 0.6 is 11.3 Å². The predicted molar refractivity (Wildman–Crippen MR) is 67.7 cm³/mol. The molecule has 5 nitrogen and oxygen atoms in total. The maximum absolute atomic E-state index is 5.33. The summed E-state index contributed by atoms with van der Waals surface area (Å²) in [6.45, 7) is 5.71. The molecule has 0 aliphatic carbocycles. The van der Waals surface area contributed by atoms with E-state index >= 15 is 0 Å². The standard InChI is InChI=1S/C12H15N3O2S/c1-7(2)9-6-18-12(13-9)11-14-10(15-17-11)8-3-4-16-5-8/h6-8H,3-5H2,1-2H3. The molecule has 0 radical (unpaired) electrons. The van der Waals surface area contributed by atoms with E-state index in [9.17, 15) is 0 Å². The summed E-state index contributed by atoms with van der Waals surface area (Å²) in [5, 5.41) is 6.88. The van der Waals surface area contributed by atoms with Crippen LogP contribution in [0, 0.1) is 0 Å². The van der Waals surface area contributed by atoms with Crippen molar-refractivity contribution in [1.82, 2.24) is 15.1 Å². The maximum atomic E-state index is 5.33. The van der Waals surface area contributed by atoms with Gasteiger partial charge < -0.3 is 9.26 Å². The molecule has 96 valence electrons. The van der Waals surface area contributed by atoms with Gasteiger partial charge in [0.25, 0.3) is 5.89 Å². The van der Waals surface area contributed by atoms with Gasteiger partial charge in [0.1, 0.15) is 0 Å². The van der Waals surface area contributed by atoms with Crippen molar-refractivity contribution in [3.8, 4) is 10.9 Å². The lowest BCUT2D eigenvalue weighted by Crippen LogP contribution is -1.99. The van der Waals surface area contributed by atoms with Crippen LogP contribution in [-0.2, 0) is 4.74 Å². The van der Waals surface area contributed by atoms with Gasteiger partial charge in [-0.05, 0) is 12.3 Å². The van der Waals surface area contributed by atoms with Gasteiger partial charge in [0.05, 0.1) is 12.3 Å². The van der Waals surface area contributed by atoms with Crippen molar-refractivity contribution < 1.29 is 9.26 Å². The molecule has 1 atom stereocenters. The highest BCUT2D eigenvalue weighted by molar-refractivity contribution is 7.13. The minimum absolute atomic E-state index is 0.270. The minimum Gasteiger partial charge on any atom is -0.381 e. The molecule has 3 rings (SSSR count). The molecule has 0 bridgehead atoms. The Hall–Kier alpha value is -1.27. The average Bonchev–Trinajstić information content (AvgIpc) is 3.10. The molecule has 0 N–H and O–H groups in total. The largest absolute Gasteiger partial charge is 0.381 e. The van der Waals surface area contributed by atoms with E-state index < -0.39 is 0 Å². The van der Waals surface area contributed by atoms with Crippen molar-refractivity contribution in [2.45, 2.75) is 32.1 Å². The fourth-order valence-corrected chi connectivity index (χ4v) is 2.77. The number of hydrogen-bond acceptors (Lipinski definition) is 6. The van der Waals surface area contributed by atoms with Crippen LogP contribution in [-0.4, -0.2) is 28.3 Å². The average molecular weight is 265 g/mol. The van der Waals surface area contributed by atoms with E-state index in [-0.39, 0.29) is 5.92 Å². The number of aromatic nitrogens is 3. The van der Waals surface area contributed by atoms with Crippen molar-refractivity contribution in [3.63, 3.8) is 0 Å². The van der Waals surface area contributed by atoms with E-state index in [4.69, 9.17) is 9.26 Å². The second kappa shape index (κ2) is 4.78. The van der Waals surface area contributed by atoms with Gasteiger partial charge in [-0.2, -0.15) is 4.98 Å². The zero-order chi connectivity index (χ0) is 12.5. The first-order valence-electron chi connectivity index (χ1n) is 6.11. The summed E-state index contributed by atoms with van der Waals surface area (Å²) in [4.78, 5) is 8.94. The third-order valence-electron chi connectivity index (χ3n) is 3.03. The van der Waals surface area contributed by atoms with E-state index in [2.05, 4.69) is 29.0 Å². The van der Waals surface area contributed by atoms with Crippen LogP contribution < -0.4 is 0 Å². The zero-order valence-corrected chi connectivity index (χ0v) is 11.2. The highest BCUT2D eigenvalue weighted by atomic mass is 32.1. The van der Waals surface area contributed by atoms with Gasteiger partial charge in [-0.3, -0.25) is 0 Å². The van der Waals surface area contributed by atoms with Crippen LogP contribution in [0.2, 0.25) is 0 Å². The lowest BCUT2D eigenvalue weighted by molar-refractivity contribution is 0.192. The van der Waals surface area contributed by atoms with E-state index in [0.29, 0.717) is 18.4 Å². The van der Waals surface area contributed by atoms with Gasteiger partial charge in [-0.15, -0.1) is 11.3 Å². The summed E-state index contributed by atoms with van der Waals surface area (Å²) in [6.07, 6.45) is 0.966. The number of hydrogen-bond donors (Lipinski definition) is 0. The first-order chi connectivity index (χ1) is 8.74. The number of ether oxygens (including phenoxy) is 1. The summed E-state index contributed by atoms with van der Waals surface area (Å²) >= 11 is 1.55. The van der Waals surface area contributed by atoms with Crippen LogP contribution in [0.1, 0.15) is 43.6 Å². The zero-order valence-electron chi connectivity index (χ0n) is 10.4. The quantitative estimate of drug-likeness (QED) is 0.854. The van der Waals surface area contributed by atoms with Crippen molar-refractivity contribution in [3.05, 3.63) is 16.9 Å². The van der Waals surface area contributed by atoms with Gasteiger partial charge in [0, 0.05) is 17.9 Å². The van der Waals surface area contributed by atoms with Crippen molar-refractivity contribution in [2.75, 3.05) is 13.2 Å². The predicted octanol–water partition coefficient (Wildman–Crippen LogP) is 2.82. The van der Waals surface area contributed by atoms with E-state index in [1.54, 1.807) is 11.3 Å². The molecule has 1 aliphatic heterocycles. The van der Waals surface area contributed by atoms with Gasteiger partial charge >= 0.3 is 0 Å². The molecule has 1 fully saturated rings. The molecule has 18 heavy (non-hydrogen) atoms. The number of thiazole rings is 1. The molecule has 0 spiro atoms. The first-order valence-corrected chi connectivity index (χ1v) is 6.99. The fourth-order valence-electron chi connectivity index (χ4n) is 1.88. The van der Waals surface area contributed by atoms with Crippen molar-refractivity contribution in [2.24, 2.45) is 0 Å². The normalized spacial score (nSPS) is 19.8. The monoisotopic (exact) mass is 265 g/mol. The summed E-state index contributed by atoms with van der Waals surface area (Å²) in [7, 11) is 0. The summed E-state index contributed by atoms with van der Waals surface area (Å²) in [5.41, 5.74) is 1.07. The molecule has 1 saturated heterocycles. The Balaban J connectivity index is 1.83. The van der Waals surface area contributed by atoms with Crippen molar-refractivity contribution >= 4 is 11.3 Å². The Kier molecular flexibility index (Phi) is 3.13. The Labute approximate surface area is 109 Å². The molecule has 2 aromatic heterocycles. The Morgan fingerprint density at radius 2 is 2.28 bits per heavy atom. The molecule has 1 aliphatic rings. The summed E-state index contributed by atoms with van der Waals surface area (Å²) in [6, 6.07) is 0. The molecule has 1 unspecified atom stereocenters. The smallest absolute Gasteiger partial charge is 0.286 e. The Morgan fingerprint density at radius 1 is 1.39 bits per heavy atom. The van der Waals surface area contributed by atoms with E-state index in [0.717, 1.165) is 29.6 Å². The maximum Gasteiger partial charge on any atom is 0.286 e. The highest BCUT2D eigenvalue weighted by Crippen LogP contribution is 2.28. The van der Waals surface area contributed by atoms with Gasteiger partial charge in [0.2, 0.25) is 0 Å². The topological polar surface area (TPSA) is 61.0 Å². The minimum atomic E-state index is 0.270. The van der Waals surface area contributed by atoms with Crippen LogP contribution in [0.25, 0.3) is 10.9 Å². The van der Waals surface area contributed by atoms with Crippen LogP contribution in [0.4, 0.5) is 0 Å². The fraction of sp³-hybridized carbons (Fsp3) is 0.583. The summed E-state index contributed by atoms with van der Waals surface area (Å²) < 4.78 is 10.6. The second-order valence-electron chi connectivity index (χ2n) is 4.75. The molecule has 6 heteroatoms. The lowest BCUT2D eigenvalue weighted by Gasteiger charge is -1.97. The molecular formula is C12H15N3O2S. The Bertz CT molecular complexity index is 529. The number of nitrogens with zero attached hydrogens (tertiary/aromatic N) is 3. The van der Waals surface area contributed by atoms with Crippen LogP contribution in [0.3, 0.4) is 0 Å². The first kappa shape index (κ1) is 11.8. The molecule has 3 heterocycles. The lowest BCUT2D eigenvalue weighted by atomic mass is 10.1. The highest BCUT2D eigenvalue weighted by Gasteiger charge is 2.24. The molecule has 0 saturated carbocycles. The van der Waals surface area contributed by atoms with Crippen LogP contribution in [0.15, 0.2) is 9.90 Å². The second-order valence-corrected chi connectivity index (χ2v) is 5.61. The molecule has 0 amide bonds. The van der Waals surface area contributed by atoms with Crippen molar-refractivity contribution in [1.29, 1.82) is 0 Å². The van der Waals surface area contributed by atoms with Gasteiger partial charge in [0.15, 0.2) is 10.8 Å². The third-order valence-corrected chi connectivity index (χ3v) is 3.88. The molecule has 2 aromatic rings. The van der Waals surface area contributed by atoms with Gasteiger partial charge in [-0.25, -0.2) is 4.98 Å². The van der Waals surface area contributed by atoms with Gasteiger partial charge in [-0.1, -0.05) is 19.0 Å². The van der Waals surface area contributed by atoms with E-state index in [1.165, 1.54) is 0 Å². The number of rotatable bonds is 3. The summed E-state index contributed by atoms with van der Waals surface area (Å²) in [5.74, 6) is 1.95. The third kappa shape index (κ3) is 2.18. The molecule has 0 aromatic carbocycles. The Morgan fingerprint density at radius 3 is 2.94 bits per heavy atom. The SMILES string of the molecule is CC(C)c1csc(-c2nc(C3CCOC3)no2)n1. The molecular weight excluding hydrogens is 250 g/mol.